The molecule has 2 unspecified atom stereocenters. The van der Waals surface area contributed by atoms with Crippen molar-refractivity contribution in [2.75, 3.05) is 60.1 Å². The predicted octanol–water partition coefficient (Wildman–Crippen LogP) is 1.36. The molecule has 2 saturated heterocycles. The van der Waals surface area contributed by atoms with Gasteiger partial charge in [0.2, 0.25) is 0 Å². The van der Waals surface area contributed by atoms with Crippen LogP contribution in [0.5, 0.6) is 0 Å². The van der Waals surface area contributed by atoms with Crippen molar-refractivity contribution in [3.8, 4) is 0 Å². The summed E-state index contributed by atoms with van der Waals surface area (Å²) in [6, 6.07) is 10.9. The Kier molecular flexibility index (Phi) is 6.67. The third-order valence-corrected chi connectivity index (χ3v) is 5.14. The summed E-state index contributed by atoms with van der Waals surface area (Å²) in [5.41, 5.74) is 1.18. The molecule has 2 aliphatic rings. The van der Waals surface area contributed by atoms with E-state index in [1.54, 1.807) is 7.11 Å². The average Bonchev–Trinajstić information content (AvgIpc) is 3.17. The topological polar surface area (TPSA) is 49.3 Å². The molecule has 1 N–H and O–H groups in total. The highest BCUT2D eigenvalue weighted by Gasteiger charge is 2.30. The summed E-state index contributed by atoms with van der Waals surface area (Å²) in [7, 11) is 3.61. The molecule has 0 saturated carbocycles. The van der Waals surface area contributed by atoms with Crippen molar-refractivity contribution in [2.24, 2.45) is 4.99 Å². The van der Waals surface area contributed by atoms with E-state index in [1.165, 1.54) is 12.0 Å². The Morgan fingerprint density at radius 1 is 1.28 bits per heavy atom. The smallest absolute Gasteiger partial charge is 0.193 e. The van der Waals surface area contributed by atoms with Crippen LogP contribution in [0.4, 0.5) is 0 Å². The van der Waals surface area contributed by atoms with Gasteiger partial charge in [-0.3, -0.25) is 9.89 Å². The summed E-state index contributed by atoms with van der Waals surface area (Å²) in [5, 5.41) is 3.49. The van der Waals surface area contributed by atoms with Gasteiger partial charge in [-0.2, -0.15) is 0 Å². The third-order valence-electron chi connectivity index (χ3n) is 5.14. The summed E-state index contributed by atoms with van der Waals surface area (Å²) in [4.78, 5) is 9.40. The van der Waals surface area contributed by atoms with Gasteiger partial charge in [-0.25, -0.2) is 0 Å². The summed E-state index contributed by atoms with van der Waals surface area (Å²) in [6.45, 7) is 6.60. The lowest BCUT2D eigenvalue weighted by Crippen LogP contribution is -2.47. The molecule has 138 valence electrons. The zero-order valence-corrected chi connectivity index (χ0v) is 15.4. The van der Waals surface area contributed by atoms with Gasteiger partial charge in [0.05, 0.1) is 19.3 Å². The molecule has 3 rings (SSSR count). The van der Waals surface area contributed by atoms with Gasteiger partial charge in [-0.1, -0.05) is 30.3 Å². The molecule has 25 heavy (non-hydrogen) atoms. The minimum absolute atomic E-state index is 0.0237. The highest BCUT2D eigenvalue weighted by molar-refractivity contribution is 5.80. The number of guanidine groups is 1. The number of hydrogen-bond acceptors (Lipinski definition) is 4. The summed E-state index contributed by atoms with van der Waals surface area (Å²) < 4.78 is 11.1. The minimum atomic E-state index is 0.0237. The van der Waals surface area contributed by atoms with Crippen LogP contribution in [0.2, 0.25) is 0 Å². The highest BCUT2D eigenvalue weighted by atomic mass is 16.5. The van der Waals surface area contributed by atoms with Gasteiger partial charge < -0.3 is 19.7 Å². The van der Waals surface area contributed by atoms with E-state index in [0.29, 0.717) is 12.6 Å². The molecule has 0 aliphatic carbocycles. The number of rotatable bonds is 5. The van der Waals surface area contributed by atoms with Gasteiger partial charge in [0.1, 0.15) is 0 Å². The zero-order valence-electron chi connectivity index (χ0n) is 15.4. The van der Waals surface area contributed by atoms with E-state index in [1.807, 2.05) is 25.2 Å². The first-order valence-electron chi connectivity index (χ1n) is 9.17. The molecule has 0 bridgehead atoms. The molecule has 1 aromatic carbocycles. The van der Waals surface area contributed by atoms with E-state index in [2.05, 4.69) is 32.2 Å². The number of likely N-dealkylation sites (tertiary alicyclic amines) is 1. The Balaban J connectivity index is 1.52. The number of nitrogens with one attached hydrogen (secondary N) is 1. The van der Waals surface area contributed by atoms with E-state index >= 15 is 0 Å². The minimum Gasteiger partial charge on any atom is -0.379 e. The van der Waals surface area contributed by atoms with E-state index in [-0.39, 0.29) is 6.10 Å². The maximum atomic E-state index is 5.65. The monoisotopic (exact) mass is 346 g/mol. The number of nitrogens with zero attached hydrogens (tertiary/aromatic N) is 3. The standard InChI is InChI=1S/C19H30N4O2/c1-20-19(21-14-18(24-2)16-6-4-3-5-7-16)23-9-8-17(15-23)22-10-12-25-13-11-22/h3-7,17-18H,8-15H2,1-2H3,(H,20,21). The molecule has 2 fully saturated rings. The van der Waals surface area contributed by atoms with Gasteiger partial charge in [0.15, 0.2) is 5.96 Å². The van der Waals surface area contributed by atoms with Gasteiger partial charge in [-0.05, 0) is 12.0 Å². The van der Waals surface area contributed by atoms with E-state index < -0.39 is 0 Å². The van der Waals surface area contributed by atoms with Crippen LogP contribution in [0.25, 0.3) is 0 Å². The fraction of sp³-hybridized carbons (Fsp3) is 0.632. The zero-order chi connectivity index (χ0) is 17.5. The highest BCUT2D eigenvalue weighted by Crippen LogP contribution is 2.18. The maximum Gasteiger partial charge on any atom is 0.193 e. The van der Waals surface area contributed by atoms with Crippen molar-refractivity contribution < 1.29 is 9.47 Å². The lowest BCUT2D eigenvalue weighted by atomic mass is 10.1. The third kappa shape index (κ3) is 4.71. The number of morpholine rings is 1. The number of aliphatic imine (C=N–C) groups is 1. The van der Waals surface area contributed by atoms with Crippen molar-refractivity contribution in [1.82, 2.24) is 15.1 Å². The van der Waals surface area contributed by atoms with E-state index in [4.69, 9.17) is 9.47 Å². The molecular formula is C19H30N4O2. The molecule has 2 atom stereocenters. The summed E-state index contributed by atoms with van der Waals surface area (Å²) >= 11 is 0. The van der Waals surface area contributed by atoms with Crippen LogP contribution >= 0.6 is 0 Å². The normalized spacial score (nSPS) is 23.7. The van der Waals surface area contributed by atoms with Crippen LogP contribution in [0, 0.1) is 0 Å². The van der Waals surface area contributed by atoms with Gasteiger partial charge in [0, 0.05) is 52.9 Å². The second-order valence-electron chi connectivity index (χ2n) is 6.60. The fourth-order valence-electron chi connectivity index (χ4n) is 3.70. The van der Waals surface area contributed by atoms with E-state index in [0.717, 1.165) is 45.4 Å². The molecule has 0 radical (unpaired) electrons. The Morgan fingerprint density at radius 2 is 2.04 bits per heavy atom. The molecule has 0 amide bonds. The number of hydrogen-bond donors (Lipinski definition) is 1. The van der Waals surface area contributed by atoms with Crippen molar-refractivity contribution >= 4 is 5.96 Å². The molecular weight excluding hydrogens is 316 g/mol. The number of benzene rings is 1. The summed E-state index contributed by atoms with van der Waals surface area (Å²) in [6.07, 6.45) is 1.21. The molecule has 2 heterocycles. The molecule has 6 heteroatoms. The van der Waals surface area contributed by atoms with E-state index in [9.17, 15) is 0 Å². The number of methoxy groups -OCH3 is 1. The second kappa shape index (κ2) is 9.17. The quantitative estimate of drug-likeness (QED) is 0.644. The Labute approximate surface area is 150 Å². The molecule has 0 aromatic heterocycles. The first kappa shape index (κ1) is 18.2. The van der Waals surface area contributed by atoms with Gasteiger partial charge in [-0.15, -0.1) is 0 Å². The summed E-state index contributed by atoms with van der Waals surface area (Å²) in [5.74, 6) is 0.966. The first-order valence-corrected chi connectivity index (χ1v) is 9.17. The van der Waals surface area contributed by atoms with Crippen molar-refractivity contribution in [1.29, 1.82) is 0 Å². The van der Waals surface area contributed by atoms with Crippen molar-refractivity contribution in [3.05, 3.63) is 35.9 Å². The predicted molar refractivity (Wildman–Crippen MR) is 99.9 cm³/mol. The lowest BCUT2D eigenvalue weighted by Gasteiger charge is -2.32. The molecule has 1 aromatic rings. The first-order chi connectivity index (χ1) is 12.3. The maximum absolute atomic E-state index is 5.65. The molecule has 2 aliphatic heterocycles. The van der Waals surface area contributed by atoms with Gasteiger partial charge in [0.25, 0.3) is 0 Å². The largest absolute Gasteiger partial charge is 0.379 e. The van der Waals surface area contributed by atoms with Gasteiger partial charge >= 0.3 is 0 Å². The van der Waals surface area contributed by atoms with Crippen LogP contribution in [0.1, 0.15) is 18.1 Å². The Bertz CT molecular complexity index is 546. The van der Waals surface area contributed by atoms with Crippen molar-refractivity contribution in [2.45, 2.75) is 18.6 Å². The van der Waals surface area contributed by atoms with Crippen molar-refractivity contribution in [3.63, 3.8) is 0 Å². The van der Waals surface area contributed by atoms with Crippen LogP contribution < -0.4 is 5.32 Å². The Hall–Kier alpha value is -1.63. The fourth-order valence-corrected chi connectivity index (χ4v) is 3.70. The SMILES string of the molecule is CN=C(NCC(OC)c1ccccc1)N1CCC(N2CCOCC2)C1. The average molecular weight is 346 g/mol. The molecule has 0 spiro atoms. The second-order valence-corrected chi connectivity index (χ2v) is 6.60. The molecule has 6 nitrogen and oxygen atoms in total. The number of ether oxygens (including phenoxy) is 2. The van der Waals surface area contributed by atoms with Crippen LogP contribution in [-0.4, -0.2) is 81.9 Å². The lowest BCUT2D eigenvalue weighted by molar-refractivity contribution is 0.0194. The Morgan fingerprint density at radius 3 is 2.72 bits per heavy atom. The van der Waals surface area contributed by atoms with Crippen LogP contribution in [0.15, 0.2) is 35.3 Å². The van der Waals surface area contributed by atoms with Crippen LogP contribution in [0.3, 0.4) is 0 Å². The van der Waals surface area contributed by atoms with Crippen LogP contribution in [-0.2, 0) is 9.47 Å².